The third kappa shape index (κ3) is 4.15. The lowest BCUT2D eigenvalue weighted by atomic mass is 10.2. The number of oxazole rings is 1. The number of aliphatic imine (C=N–C) groups is 1. The van der Waals surface area contributed by atoms with Crippen molar-refractivity contribution in [1.82, 2.24) is 4.98 Å². The van der Waals surface area contributed by atoms with E-state index in [0.717, 1.165) is 38.5 Å². The molecule has 0 amide bonds. The molecule has 0 saturated heterocycles. The Morgan fingerprint density at radius 2 is 1.74 bits per heavy atom. The molecule has 0 N–H and O–H groups in total. The fraction of sp³-hybridized carbons (Fsp3) is 0.0435. The van der Waals surface area contributed by atoms with Crippen LogP contribution in [0.4, 0.5) is 5.69 Å². The fourth-order valence-electron chi connectivity index (χ4n) is 2.70. The maximum absolute atomic E-state index is 5.88. The van der Waals surface area contributed by atoms with E-state index in [9.17, 15) is 0 Å². The first-order valence-corrected chi connectivity index (χ1v) is 8.99. The van der Waals surface area contributed by atoms with Crippen molar-refractivity contribution in [3.63, 3.8) is 0 Å². The van der Waals surface area contributed by atoms with Crippen LogP contribution in [0.2, 0.25) is 5.02 Å². The summed E-state index contributed by atoms with van der Waals surface area (Å²) in [6.45, 7) is 2.04. The van der Waals surface area contributed by atoms with E-state index in [-0.39, 0.29) is 0 Å². The minimum atomic E-state index is 0.619. The molecule has 4 heteroatoms. The van der Waals surface area contributed by atoms with Gasteiger partial charge in [-0.1, -0.05) is 35.9 Å². The van der Waals surface area contributed by atoms with E-state index < -0.39 is 0 Å². The summed E-state index contributed by atoms with van der Waals surface area (Å²) in [5, 5.41) is 0.731. The summed E-state index contributed by atoms with van der Waals surface area (Å²) in [6.07, 6.45) is 5.65. The summed E-state index contributed by atoms with van der Waals surface area (Å²) in [5.41, 5.74) is 5.70. The van der Waals surface area contributed by atoms with Gasteiger partial charge in [0.2, 0.25) is 5.89 Å². The number of aromatic nitrogens is 1. The number of allylic oxidation sites excluding steroid dienone is 1. The maximum Gasteiger partial charge on any atom is 0.227 e. The summed E-state index contributed by atoms with van der Waals surface area (Å²) >= 11 is 5.88. The van der Waals surface area contributed by atoms with Gasteiger partial charge in [0, 0.05) is 16.8 Å². The summed E-state index contributed by atoms with van der Waals surface area (Å²) < 4.78 is 5.86. The minimum Gasteiger partial charge on any atom is -0.436 e. The Morgan fingerprint density at radius 3 is 2.52 bits per heavy atom. The van der Waals surface area contributed by atoms with Gasteiger partial charge in [0.1, 0.15) is 5.52 Å². The zero-order chi connectivity index (χ0) is 18.6. The van der Waals surface area contributed by atoms with E-state index in [1.54, 1.807) is 6.21 Å². The number of benzene rings is 3. The fourth-order valence-corrected chi connectivity index (χ4v) is 2.83. The molecule has 1 aromatic heterocycles. The average Bonchev–Trinajstić information content (AvgIpc) is 3.10. The lowest BCUT2D eigenvalue weighted by Crippen LogP contribution is -1.76. The highest BCUT2D eigenvalue weighted by atomic mass is 35.5. The van der Waals surface area contributed by atoms with Gasteiger partial charge in [-0.05, 0) is 72.7 Å². The minimum absolute atomic E-state index is 0.619. The van der Waals surface area contributed by atoms with Gasteiger partial charge < -0.3 is 4.42 Å². The number of nitrogens with zero attached hydrogens (tertiary/aromatic N) is 2. The molecule has 4 aromatic rings. The number of fused-ring (bicyclic) bond motifs is 1. The first-order chi connectivity index (χ1) is 13.2. The van der Waals surface area contributed by atoms with Gasteiger partial charge in [-0.25, -0.2) is 4.98 Å². The zero-order valence-corrected chi connectivity index (χ0v) is 15.5. The van der Waals surface area contributed by atoms with Crippen LogP contribution in [0.3, 0.4) is 0 Å². The van der Waals surface area contributed by atoms with Crippen molar-refractivity contribution in [1.29, 1.82) is 0 Å². The van der Waals surface area contributed by atoms with E-state index in [0.29, 0.717) is 5.89 Å². The number of hydrogen-bond donors (Lipinski definition) is 0. The van der Waals surface area contributed by atoms with E-state index in [1.165, 1.54) is 0 Å². The Bertz CT molecular complexity index is 1120. The lowest BCUT2D eigenvalue weighted by Gasteiger charge is -1.96. The van der Waals surface area contributed by atoms with Crippen molar-refractivity contribution in [3.05, 3.63) is 89.0 Å². The van der Waals surface area contributed by atoms with Gasteiger partial charge in [-0.3, -0.25) is 4.99 Å². The molecule has 0 aliphatic carbocycles. The molecule has 0 fully saturated rings. The first-order valence-electron chi connectivity index (χ1n) is 8.61. The van der Waals surface area contributed by atoms with Crippen molar-refractivity contribution in [3.8, 4) is 11.5 Å². The van der Waals surface area contributed by atoms with E-state index >= 15 is 0 Å². The van der Waals surface area contributed by atoms with Gasteiger partial charge in [-0.2, -0.15) is 0 Å². The number of hydrogen-bond acceptors (Lipinski definition) is 3. The number of aryl methyl sites for hydroxylation is 1. The van der Waals surface area contributed by atoms with Crippen molar-refractivity contribution >= 4 is 40.7 Å². The third-order valence-corrected chi connectivity index (χ3v) is 4.38. The van der Waals surface area contributed by atoms with E-state index in [4.69, 9.17) is 16.0 Å². The summed E-state index contributed by atoms with van der Waals surface area (Å²) in [4.78, 5) is 8.98. The van der Waals surface area contributed by atoms with Gasteiger partial charge in [0.25, 0.3) is 0 Å². The number of rotatable bonds is 4. The third-order valence-electron chi connectivity index (χ3n) is 4.13. The predicted octanol–water partition coefficient (Wildman–Crippen LogP) is 6.87. The molecule has 132 valence electrons. The van der Waals surface area contributed by atoms with Crippen LogP contribution < -0.4 is 0 Å². The van der Waals surface area contributed by atoms with Crippen molar-refractivity contribution in [2.75, 3.05) is 0 Å². The molecule has 1 heterocycles. The molecule has 4 rings (SSSR count). The van der Waals surface area contributed by atoms with Gasteiger partial charge in [-0.15, -0.1) is 0 Å². The van der Waals surface area contributed by atoms with E-state index in [1.807, 2.05) is 85.8 Å². The molecular formula is C23H17ClN2O. The zero-order valence-electron chi connectivity index (χ0n) is 14.8. The Kier molecular flexibility index (Phi) is 4.86. The molecular weight excluding hydrogens is 356 g/mol. The monoisotopic (exact) mass is 372 g/mol. The second-order valence-corrected chi connectivity index (χ2v) is 6.66. The molecule has 0 aliphatic heterocycles. The number of halogens is 1. The van der Waals surface area contributed by atoms with Crippen LogP contribution in [0.25, 0.3) is 28.6 Å². The average molecular weight is 373 g/mol. The van der Waals surface area contributed by atoms with Crippen LogP contribution in [-0.4, -0.2) is 11.2 Å². The van der Waals surface area contributed by atoms with Crippen LogP contribution in [0.5, 0.6) is 0 Å². The highest BCUT2D eigenvalue weighted by Gasteiger charge is 2.08. The first kappa shape index (κ1) is 17.3. The van der Waals surface area contributed by atoms with Crippen LogP contribution in [-0.2, 0) is 0 Å². The van der Waals surface area contributed by atoms with Crippen molar-refractivity contribution in [2.45, 2.75) is 6.92 Å². The molecule has 27 heavy (non-hydrogen) atoms. The Morgan fingerprint density at radius 1 is 0.963 bits per heavy atom. The maximum atomic E-state index is 5.88. The van der Waals surface area contributed by atoms with Crippen LogP contribution in [0.1, 0.15) is 11.1 Å². The second-order valence-electron chi connectivity index (χ2n) is 6.23. The highest BCUT2D eigenvalue weighted by molar-refractivity contribution is 6.30. The largest absolute Gasteiger partial charge is 0.436 e. The van der Waals surface area contributed by atoms with Crippen LogP contribution >= 0.6 is 11.6 Å². The standard InChI is InChI=1S/C23H17ClN2O/c1-16-4-13-21-22(15-16)27-23(26-21)18-7-11-20(12-8-18)25-14-2-3-17-5-9-19(24)10-6-17/h2-15H,1H3. The highest BCUT2D eigenvalue weighted by Crippen LogP contribution is 2.26. The summed E-state index contributed by atoms with van der Waals surface area (Å²) in [6, 6.07) is 21.5. The summed E-state index contributed by atoms with van der Waals surface area (Å²) in [7, 11) is 0. The molecule has 0 aliphatic rings. The van der Waals surface area contributed by atoms with Gasteiger partial charge in [0.05, 0.1) is 5.69 Å². The molecule has 0 radical (unpaired) electrons. The normalized spacial score (nSPS) is 11.8. The van der Waals surface area contributed by atoms with Crippen molar-refractivity contribution < 1.29 is 4.42 Å². The van der Waals surface area contributed by atoms with E-state index in [2.05, 4.69) is 9.98 Å². The second kappa shape index (κ2) is 7.60. The van der Waals surface area contributed by atoms with Gasteiger partial charge >= 0.3 is 0 Å². The lowest BCUT2D eigenvalue weighted by molar-refractivity contribution is 0.619. The van der Waals surface area contributed by atoms with Crippen LogP contribution in [0, 0.1) is 6.92 Å². The summed E-state index contributed by atoms with van der Waals surface area (Å²) in [5.74, 6) is 0.619. The molecule has 0 atom stereocenters. The van der Waals surface area contributed by atoms with Crippen LogP contribution in [0.15, 0.2) is 82.2 Å². The molecule has 0 spiro atoms. The molecule has 3 nitrogen and oxygen atoms in total. The Hall–Kier alpha value is -3.17. The topological polar surface area (TPSA) is 38.4 Å². The quantitative estimate of drug-likeness (QED) is 0.366. The van der Waals surface area contributed by atoms with Gasteiger partial charge in [0.15, 0.2) is 5.58 Å². The molecule has 0 saturated carbocycles. The Balaban J connectivity index is 1.47. The predicted molar refractivity (Wildman–Crippen MR) is 113 cm³/mol. The molecule has 0 unspecified atom stereocenters. The SMILES string of the molecule is Cc1ccc2nc(-c3ccc(N=CC=Cc4ccc(Cl)cc4)cc3)oc2c1. The smallest absolute Gasteiger partial charge is 0.227 e. The molecule has 0 bridgehead atoms. The van der Waals surface area contributed by atoms with Crippen molar-refractivity contribution in [2.24, 2.45) is 4.99 Å². The molecule has 3 aromatic carbocycles. The Labute approximate surface area is 162 Å².